The van der Waals surface area contributed by atoms with Crippen molar-refractivity contribution in [2.24, 2.45) is 16.7 Å². The normalized spacial score (nSPS) is 35.6. The summed E-state index contributed by atoms with van der Waals surface area (Å²) < 4.78 is 1.20. The summed E-state index contributed by atoms with van der Waals surface area (Å²) in [5.74, 6) is 0.892. The van der Waals surface area contributed by atoms with E-state index in [1.807, 2.05) is 0 Å². The number of nitrogens with one attached hydrogen (secondary N) is 1. The molecule has 3 rings (SSSR count). The van der Waals surface area contributed by atoms with Gasteiger partial charge >= 0.3 is 0 Å². The number of hydrogen-bond donors (Lipinski definition) is 1. The smallest absolute Gasteiger partial charge is 0.0354 e. The quantitative estimate of drug-likeness (QED) is 0.770. The predicted molar refractivity (Wildman–Crippen MR) is 85.5 cm³/mol. The molecule has 104 valence electrons. The molecule has 0 aromatic heterocycles. The van der Waals surface area contributed by atoms with E-state index in [0.29, 0.717) is 16.9 Å². The molecule has 2 aliphatic rings. The van der Waals surface area contributed by atoms with Crippen LogP contribution in [0.2, 0.25) is 0 Å². The van der Waals surface area contributed by atoms with Crippen molar-refractivity contribution in [2.75, 3.05) is 5.32 Å². The Morgan fingerprint density at radius 1 is 1.26 bits per heavy atom. The molecule has 19 heavy (non-hydrogen) atoms. The molecule has 0 radical (unpaired) electrons. The fraction of sp³-hybridized carbons (Fsp3) is 0.647. The second kappa shape index (κ2) is 4.25. The molecule has 2 bridgehead atoms. The van der Waals surface area contributed by atoms with Gasteiger partial charge in [0.1, 0.15) is 0 Å². The van der Waals surface area contributed by atoms with E-state index in [-0.39, 0.29) is 0 Å². The molecular weight excluding hydrogens is 298 g/mol. The summed E-state index contributed by atoms with van der Waals surface area (Å²) in [4.78, 5) is 0. The molecule has 1 N–H and O–H groups in total. The molecule has 0 spiro atoms. The van der Waals surface area contributed by atoms with E-state index in [2.05, 4.69) is 67.1 Å². The topological polar surface area (TPSA) is 12.0 Å². The molecular formula is C17H24BrN. The summed E-state index contributed by atoms with van der Waals surface area (Å²) in [5, 5.41) is 3.81. The summed E-state index contributed by atoms with van der Waals surface area (Å²) in [6.45, 7) is 9.56. The molecule has 3 unspecified atom stereocenters. The summed E-state index contributed by atoms with van der Waals surface area (Å²) >= 11 is 3.63. The highest BCUT2D eigenvalue weighted by Crippen LogP contribution is 2.65. The van der Waals surface area contributed by atoms with E-state index in [9.17, 15) is 0 Å². The van der Waals surface area contributed by atoms with Crippen LogP contribution >= 0.6 is 15.9 Å². The SMILES string of the molecule is Cc1ccc(NC2CC3CCC2(C)C3(C)C)cc1Br. The van der Waals surface area contributed by atoms with Crippen LogP contribution in [0.5, 0.6) is 0 Å². The standard InChI is InChI=1S/C17H24BrN/c1-11-5-6-13(10-14(11)18)19-15-9-12-7-8-17(15,4)16(12,2)3/h5-6,10,12,15,19H,7-9H2,1-4H3. The van der Waals surface area contributed by atoms with Crippen LogP contribution in [0.1, 0.15) is 45.6 Å². The van der Waals surface area contributed by atoms with Crippen molar-refractivity contribution in [3.8, 4) is 0 Å². The van der Waals surface area contributed by atoms with E-state index in [1.54, 1.807) is 0 Å². The van der Waals surface area contributed by atoms with E-state index >= 15 is 0 Å². The van der Waals surface area contributed by atoms with Crippen LogP contribution in [-0.2, 0) is 0 Å². The van der Waals surface area contributed by atoms with Crippen LogP contribution in [0.15, 0.2) is 22.7 Å². The molecule has 1 aromatic carbocycles. The average Bonchev–Trinajstić information content (AvgIpc) is 2.67. The molecule has 1 nitrogen and oxygen atoms in total. The van der Waals surface area contributed by atoms with Crippen molar-refractivity contribution in [3.05, 3.63) is 28.2 Å². The Balaban J connectivity index is 1.84. The van der Waals surface area contributed by atoms with Crippen molar-refractivity contribution >= 4 is 21.6 Å². The Bertz CT molecular complexity index is 508. The van der Waals surface area contributed by atoms with Gasteiger partial charge in [-0.25, -0.2) is 0 Å². The number of halogens is 1. The van der Waals surface area contributed by atoms with Crippen LogP contribution in [0.4, 0.5) is 5.69 Å². The Hall–Kier alpha value is -0.500. The molecule has 0 saturated heterocycles. The van der Waals surface area contributed by atoms with E-state index < -0.39 is 0 Å². The molecule has 0 aliphatic heterocycles. The monoisotopic (exact) mass is 321 g/mol. The van der Waals surface area contributed by atoms with Gasteiger partial charge in [-0.05, 0) is 60.6 Å². The van der Waals surface area contributed by atoms with Gasteiger partial charge in [-0.15, -0.1) is 0 Å². The Morgan fingerprint density at radius 2 is 2.00 bits per heavy atom. The maximum atomic E-state index is 3.81. The number of rotatable bonds is 2. The zero-order valence-corrected chi connectivity index (χ0v) is 14.0. The zero-order chi connectivity index (χ0) is 13.8. The van der Waals surface area contributed by atoms with Gasteiger partial charge in [-0.1, -0.05) is 42.8 Å². The first kappa shape index (κ1) is 13.5. The van der Waals surface area contributed by atoms with Gasteiger partial charge in [0.15, 0.2) is 0 Å². The van der Waals surface area contributed by atoms with Crippen molar-refractivity contribution in [2.45, 2.75) is 53.0 Å². The van der Waals surface area contributed by atoms with Crippen LogP contribution in [0.25, 0.3) is 0 Å². The van der Waals surface area contributed by atoms with Crippen molar-refractivity contribution in [3.63, 3.8) is 0 Å². The second-order valence-electron chi connectivity index (χ2n) is 7.27. The van der Waals surface area contributed by atoms with E-state index in [0.717, 1.165) is 5.92 Å². The number of fused-ring (bicyclic) bond motifs is 2. The van der Waals surface area contributed by atoms with Crippen LogP contribution < -0.4 is 5.32 Å². The number of hydrogen-bond acceptors (Lipinski definition) is 1. The van der Waals surface area contributed by atoms with Gasteiger partial charge in [0.25, 0.3) is 0 Å². The maximum Gasteiger partial charge on any atom is 0.0354 e. The number of benzene rings is 1. The molecule has 1 aromatic rings. The predicted octanol–water partition coefficient (Wildman–Crippen LogP) is 5.38. The van der Waals surface area contributed by atoms with Gasteiger partial charge in [0, 0.05) is 16.2 Å². The van der Waals surface area contributed by atoms with Crippen molar-refractivity contribution < 1.29 is 0 Å². The third-order valence-corrected chi connectivity index (χ3v) is 7.16. The minimum absolute atomic E-state index is 0.440. The minimum atomic E-state index is 0.440. The fourth-order valence-corrected chi connectivity index (χ4v) is 4.68. The van der Waals surface area contributed by atoms with Crippen molar-refractivity contribution in [1.82, 2.24) is 0 Å². The highest BCUT2D eigenvalue weighted by molar-refractivity contribution is 9.10. The summed E-state index contributed by atoms with van der Waals surface area (Å²) in [5.41, 5.74) is 3.47. The van der Waals surface area contributed by atoms with Crippen LogP contribution in [-0.4, -0.2) is 6.04 Å². The molecule has 2 aliphatic carbocycles. The lowest BCUT2D eigenvalue weighted by Gasteiger charge is -2.40. The molecule has 0 heterocycles. The van der Waals surface area contributed by atoms with Gasteiger partial charge in [0.2, 0.25) is 0 Å². The fourth-order valence-electron chi connectivity index (χ4n) is 4.31. The molecule has 2 heteroatoms. The maximum absolute atomic E-state index is 3.81. The lowest BCUT2D eigenvalue weighted by molar-refractivity contribution is 0.142. The molecule has 2 saturated carbocycles. The first-order valence-electron chi connectivity index (χ1n) is 7.37. The largest absolute Gasteiger partial charge is 0.382 e. The molecule has 3 atom stereocenters. The third-order valence-electron chi connectivity index (χ3n) is 6.31. The Kier molecular flexibility index (Phi) is 3.01. The van der Waals surface area contributed by atoms with Crippen molar-refractivity contribution in [1.29, 1.82) is 0 Å². The first-order chi connectivity index (χ1) is 8.84. The van der Waals surface area contributed by atoms with Gasteiger partial charge in [0.05, 0.1) is 0 Å². The minimum Gasteiger partial charge on any atom is -0.382 e. The lowest BCUT2D eigenvalue weighted by Crippen LogP contribution is -2.40. The zero-order valence-electron chi connectivity index (χ0n) is 12.4. The Labute approximate surface area is 125 Å². The third kappa shape index (κ3) is 1.86. The highest BCUT2D eigenvalue weighted by atomic mass is 79.9. The van der Waals surface area contributed by atoms with Crippen LogP contribution in [0.3, 0.4) is 0 Å². The molecule has 2 fully saturated rings. The van der Waals surface area contributed by atoms with E-state index in [1.165, 1.54) is 35.0 Å². The Morgan fingerprint density at radius 3 is 2.53 bits per heavy atom. The van der Waals surface area contributed by atoms with Crippen LogP contribution in [0, 0.1) is 23.7 Å². The lowest BCUT2D eigenvalue weighted by atomic mass is 9.69. The molecule has 0 amide bonds. The number of anilines is 1. The summed E-state index contributed by atoms with van der Waals surface area (Å²) in [7, 11) is 0. The second-order valence-corrected chi connectivity index (χ2v) is 8.13. The number of aryl methyl sites for hydroxylation is 1. The van der Waals surface area contributed by atoms with E-state index in [4.69, 9.17) is 0 Å². The van der Waals surface area contributed by atoms with Gasteiger partial charge in [-0.2, -0.15) is 0 Å². The van der Waals surface area contributed by atoms with Gasteiger partial charge in [-0.3, -0.25) is 0 Å². The highest BCUT2D eigenvalue weighted by Gasteiger charge is 2.61. The average molecular weight is 322 g/mol. The first-order valence-corrected chi connectivity index (χ1v) is 8.16. The summed E-state index contributed by atoms with van der Waals surface area (Å²) in [6, 6.07) is 7.24. The van der Waals surface area contributed by atoms with Gasteiger partial charge < -0.3 is 5.32 Å². The summed E-state index contributed by atoms with van der Waals surface area (Å²) in [6.07, 6.45) is 4.11.